The molecule has 1 saturated heterocycles. The Kier molecular flexibility index (Phi) is 5.46. The topological polar surface area (TPSA) is 57.7 Å². The van der Waals surface area contributed by atoms with Crippen molar-refractivity contribution in [3.8, 4) is 0 Å². The van der Waals surface area contributed by atoms with Gasteiger partial charge < -0.3 is 10.2 Å². The number of hydrogen-bond acceptors (Lipinski definition) is 5. The molecule has 1 amide bonds. The molecule has 0 aromatic carbocycles. The van der Waals surface area contributed by atoms with Crippen LogP contribution in [-0.4, -0.2) is 40.7 Å². The Morgan fingerprint density at radius 1 is 1.38 bits per heavy atom. The summed E-state index contributed by atoms with van der Waals surface area (Å²) in [5.74, 6) is 0.833. The van der Waals surface area contributed by atoms with E-state index in [4.69, 9.17) is 4.74 Å². The monoisotopic (exact) mass is 422 g/mol. The zero-order valence-electron chi connectivity index (χ0n) is 15.8. The van der Waals surface area contributed by atoms with Crippen LogP contribution in [0.4, 0.5) is 10.6 Å². The summed E-state index contributed by atoms with van der Waals surface area (Å²) >= 11 is 3.40. The largest absolute Gasteiger partial charge is 0.444 e. The quantitative estimate of drug-likeness (QED) is 0.583. The third-order valence-electron chi connectivity index (χ3n) is 4.60. The predicted molar refractivity (Wildman–Crippen MR) is 106 cm³/mol. The lowest BCUT2D eigenvalue weighted by Gasteiger charge is -2.45. The van der Waals surface area contributed by atoms with Gasteiger partial charge in [0.1, 0.15) is 16.0 Å². The summed E-state index contributed by atoms with van der Waals surface area (Å²) in [7, 11) is 1.95. The molecule has 6 nitrogen and oxygen atoms in total. The van der Waals surface area contributed by atoms with Crippen molar-refractivity contribution in [2.45, 2.75) is 64.1 Å². The Bertz CT molecular complexity index is 701. The number of carbonyl (C=O) groups is 1. The van der Waals surface area contributed by atoms with E-state index in [9.17, 15) is 4.79 Å². The summed E-state index contributed by atoms with van der Waals surface area (Å²) in [6, 6.07) is 6.08. The number of fused-ring (bicyclic) bond motifs is 2. The first kappa shape index (κ1) is 19.0. The van der Waals surface area contributed by atoms with Crippen LogP contribution < -0.4 is 10.4 Å². The molecule has 0 spiro atoms. The predicted octanol–water partition coefficient (Wildman–Crippen LogP) is 4.23. The van der Waals surface area contributed by atoms with Crippen molar-refractivity contribution >= 4 is 27.8 Å². The molecule has 3 rings (SSSR count). The Labute approximate surface area is 163 Å². The minimum atomic E-state index is -0.472. The van der Waals surface area contributed by atoms with Gasteiger partial charge in [-0.2, -0.15) is 0 Å². The Balaban J connectivity index is 1.72. The molecule has 3 heterocycles. The summed E-state index contributed by atoms with van der Waals surface area (Å²) in [5, 5.41) is 1.91. The molecule has 2 unspecified atom stereocenters. The summed E-state index contributed by atoms with van der Waals surface area (Å²) in [6.07, 6.45) is 5.88. The van der Waals surface area contributed by atoms with Gasteiger partial charge in [-0.1, -0.05) is 6.07 Å². The highest BCUT2D eigenvalue weighted by atomic mass is 79.9. The van der Waals surface area contributed by atoms with Gasteiger partial charge in [0.2, 0.25) is 0 Å². The van der Waals surface area contributed by atoms with E-state index in [2.05, 4.69) is 32.4 Å². The van der Waals surface area contributed by atoms with Gasteiger partial charge in [-0.05, 0) is 74.2 Å². The Hall–Kier alpha value is -1.76. The van der Waals surface area contributed by atoms with E-state index in [0.29, 0.717) is 0 Å². The zero-order valence-corrected chi connectivity index (χ0v) is 17.4. The van der Waals surface area contributed by atoms with E-state index in [1.54, 1.807) is 0 Å². The molecule has 142 valence electrons. The fourth-order valence-electron chi connectivity index (χ4n) is 3.57. The van der Waals surface area contributed by atoms with E-state index in [-0.39, 0.29) is 18.2 Å². The maximum absolute atomic E-state index is 12.6. The lowest BCUT2D eigenvalue weighted by molar-refractivity contribution is -0.00179. The molecule has 0 aliphatic carbocycles. The van der Waals surface area contributed by atoms with Crippen molar-refractivity contribution in [1.29, 1.82) is 0 Å². The molecule has 7 heteroatoms. The number of carbonyl (C=O) groups excluding carboxylic acids is 1. The normalized spacial score (nSPS) is 22.5. The molecular weight excluding hydrogens is 396 g/mol. The molecule has 0 radical (unpaired) electrons. The molecule has 2 bridgehead atoms. The number of piperidine rings is 1. The molecule has 2 atom stereocenters. The van der Waals surface area contributed by atoms with Crippen LogP contribution in [0.15, 0.2) is 34.6 Å². The van der Waals surface area contributed by atoms with Crippen molar-refractivity contribution in [2.75, 3.05) is 12.1 Å². The second kappa shape index (κ2) is 7.47. The van der Waals surface area contributed by atoms with Crippen LogP contribution in [0.5, 0.6) is 0 Å². The van der Waals surface area contributed by atoms with Crippen molar-refractivity contribution in [1.82, 2.24) is 15.3 Å². The molecular formula is C19H27BrN4O2. The first-order valence-corrected chi connectivity index (χ1v) is 9.87. The minimum Gasteiger partial charge on any atom is -0.444 e. The molecule has 1 aromatic heterocycles. The number of amides is 1. The van der Waals surface area contributed by atoms with Crippen LogP contribution in [0, 0.1) is 0 Å². The lowest BCUT2D eigenvalue weighted by Crippen LogP contribution is -2.54. The first-order valence-electron chi connectivity index (χ1n) is 9.08. The highest BCUT2D eigenvalue weighted by Crippen LogP contribution is 2.34. The van der Waals surface area contributed by atoms with E-state index in [0.717, 1.165) is 41.8 Å². The number of nitrogens with zero attached hydrogens (tertiary/aromatic N) is 3. The molecule has 1 fully saturated rings. The van der Waals surface area contributed by atoms with Crippen molar-refractivity contribution in [3.63, 3.8) is 0 Å². The summed E-state index contributed by atoms with van der Waals surface area (Å²) in [5.41, 5.74) is 4.09. The standard InChI is InChI=1S/C19H27BrN4O2/c1-19(2,3)26-18(25)24-14-7-5-8-15(24)12-13(11-14)22-23(4)17-10-6-9-16(20)21-17/h6,9-11,14-15,22H,5,7-8,12H2,1-4H3. The SMILES string of the molecule is CN(NC1=CC2CCCC(C1)N2C(=O)OC(C)(C)C)c1cccc(Br)n1. The maximum Gasteiger partial charge on any atom is 0.411 e. The second-order valence-electron chi connectivity index (χ2n) is 7.93. The highest BCUT2D eigenvalue weighted by Gasteiger charge is 2.39. The van der Waals surface area contributed by atoms with Gasteiger partial charge in [-0.25, -0.2) is 9.78 Å². The van der Waals surface area contributed by atoms with Crippen LogP contribution >= 0.6 is 15.9 Å². The van der Waals surface area contributed by atoms with Crippen LogP contribution in [0.2, 0.25) is 0 Å². The van der Waals surface area contributed by atoms with Crippen molar-refractivity contribution in [3.05, 3.63) is 34.6 Å². The third kappa shape index (κ3) is 4.50. The number of halogens is 1. The summed E-state index contributed by atoms with van der Waals surface area (Å²) in [4.78, 5) is 19.0. The molecule has 0 saturated carbocycles. The molecule has 2 aliphatic rings. The van der Waals surface area contributed by atoms with Crippen LogP contribution in [0.1, 0.15) is 46.5 Å². The van der Waals surface area contributed by atoms with E-state index in [1.165, 1.54) is 0 Å². The maximum atomic E-state index is 12.6. The van der Waals surface area contributed by atoms with Crippen molar-refractivity contribution in [2.24, 2.45) is 0 Å². The number of nitrogens with one attached hydrogen (secondary N) is 1. The molecule has 1 N–H and O–H groups in total. The first-order chi connectivity index (χ1) is 12.2. The lowest BCUT2D eigenvalue weighted by atomic mass is 9.88. The summed E-state index contributed by atoms with van der Waals surface area (Å²) in [6.45, 7) is 5.73. The van der Waals surface area contributed by atoms with Gasteiger partial charge >= 0.3 is 6.09 Å². The molecule has 26 heavy (non-hydrogen) atoms. The number of hydrazine groups is 1. The number of hydrogen-bond donors (Lipinski definition) is 1. The Morgan fingerprint density at radius 2 is 2.15 bits per heavy atom. The number of rotatable bonds is 3. The fourth-order valence-corrected chi connectivity index (χ4v) is 3.90. The van der Waals surface area contributed by atoms with Crippen molar-refractivity contribution < 1.29 is 9.53 Å². The van der Waals surface area contributed by atoms with E-state index >= 15 is 0 Å². The van der Waals surface area contributed by atoms with E-state index < -0.39 is 5.60 Å². The van der Waals surface area contributed by atoms with Crippen LogP contribution in [0.3, 0.4) is 0 Å². The molecule has 2 aliphatic heterocycles. The Morgan fingerprint density at radius 3 is 2.81 bits per heavy atom. The third-order valence-corrected chi connectivity index (χ3v) is 5.04. The van der Waals surface area contributed by atoms with E-state index in [1.807, 2.05) is 55.9 Å². The number of aromatic nitrogens is 1. The van der Waals surface area contributed by atoms with Gasteiger partial charge in [0.05, 0.1) is 6.04 Å². The second-order valence-corrected chi connectivity index (χ2v) is 8.74. The minimum absolute atomic E-state index is 0.0868. The summed E-state index contributed by atoms with van der Waals surface area (Å²) < 4.78 is 6.42. The number of anilines is 1. The van der Waals surface area contributed by atoms with Gasteiger partial charge in [0.25, 0.3) is 0 Å². The fraction of sp³-hybridized carbons (Fsp3) is 0.579. The average Bonchev–Trinajstić information content (AvgIpc) is 2.52. The van der Waals surface area contributed by atoms with Gasteiger partial charge in [-0.3, -0.25) is 9.91 Å². The van der Waals surface area contributed by atoms with Crippen LogP contribution in [-0.2, 0) is 4.74 Å². The smallest absolute Gasteiger partial charge is 0.411 e. The van der Waals surface area contributed by atoms with Gasteiger partial charge in [-0.15, -0.1) is 0 Å². The van der Waals surface area contributed by atoms with Gasteiger partial charge in [0.15, 0.2) is 0 Å². The zero-order chi connectivity index (χ0) is 18.9. The van der Waals surface area contributed by atoms with Gasteiger partial charge in [0, 0.05) is 25.2 Å². The molecule has 1 aromatic rings. The highest BCUT2D eigenvalue weighted by molar-refractivity contribution is 9.10. The average molecular weight is 423 g/mol. The number of pyridine rings is 1. The van der Waals surface area contributed by atoms with Crippen LogP contribution in [0.25, 0.3) is 0 Å². The number of ether oxygens (including phenoxy) is 1.